The summed E-state index contributed by atoms with van der Waals surface area (Å²) in [5.41, 5.74) is 4.30. The van der Waals surface area contributed by atoms with Gasteiger partial charge in [0, 0.05) is 5.69 Å². The Bertz CT molecular complexity index is 957. The van der Waals surface area contributed by atoms with E-state index in [9.17, 15) is 13.2 Å². The number of anilines is 1. The average Bonchev–Trinajstić information content (AvgIpc) is 3.02. The lowest BCUT2D eigenvalue weighted by Gasteiger charge is -2.17. The van der Waals surface area contributed by atoms with Gasteiger partial charge in [-0.3, -0.25) is 9.52 Å². The van der Waals surface area contributed by atoms with Crippen molar-refractivity contribution in [2.45, 2.75) is 32.2 Å². The molecule has 0 radical (unpaired) electrons. The molecule has 0 saturated heterocycles. The van der Waals surface area contributed by atoms with Crippen molar-refractivity contribution < 1.29 is 13.2 Å². The van der Waals surface area contributed by atoms with Crippen molar-refractivity contribution in [2.75, 3.05) is 11.0 Å². The molecule has 0 heterocycles. The smallest absolute Gasteiger partial charge is 0.253 e. The highest BCUT2D eigenvalue weighted by atomic mass is 35.5. The summed E-state index contributed by atoms with van der Waals surface area (Å²) >= 11 is 6.13. The van der Waals surface area contributed by atoms with Crippen LogP contribution >= 0.6 is 11.6 Å². The van der Waals surface area contributed by atoms with E-state index in [4.69, 9.17) is 11.6 Å². The van der Waals surface area contributed by atoms with Gasteiger partial charge in [0.2, 0.25) is 10.0 Å². The monoisotopic (exact) mass is 392 g/mol. The van der Waals surface area contributed by atoms with Crippen LogP contribution in [0.3, 0.4) is 0 Å². The Morgan fingerprint density at radius 2 is 1.85 bits per heavy atom. The van der Waals surface area contributed by atoms with E-state index in [1.54, 1.807) is 0 Å². The third kappa shape index (κ3) is 4.37. The third-order valence-corrected chi connectivity index (χ3v) is 5.42. The first-order valence-electron chi connectivity index (χ1n) is 8.43. The van der Waals surface area contributed by atoms with Crippen molar-refractivity contribution in [3.63, 3.8) is 0 Å². The molecule has 2 N–H and O–H groups in total. The number of hydrogen-bond acceptors (Lipinski definition) is 3. The quantitative estimate of drug-likeness (QED) is 0.814. The van der Waals surface area contributed by atoms with Gasteiger partial charge in [0.05, 0.1) is 22.9 Å². The van der Waals surface area contributed by atoms with E-state index in [2.05, 4.69) is 22.2 Å². The molecule has 138 valence electrons. The summed E-state index contributed by atoms with van der Waals surface area (Å²) in [7, 11) is -3.43. The lowest BCUT2D eigenvalue weighted by atomic mass is 10.0. The maximum atomic E-state index is 12.6. The number of rotatable bonds is 5. The van der Waals surface area contributed by atoms with Crippen molar-refractivity contribution >= 4 is 33.2 Å². The van der Waals surface area contributed by atoms with Gasteiger partial charge in [-0.05, 0) is 61.1 Å². The minimum atomic E-state index is -3.43. The standard InChI is InChI=1S/C19H21ClN2O3S/c1-12(14-7-6-13-4-3-5-15(13)10-14)21-19(23)17-11-16(8-9-18(17)20)22-26(2,24)25/h6-12,22H,3-5H2,1-2H3,(H,21,23)/t12-/m1/s1. The highest BCUT2D eigenvalue weighted by Gasteiger charge is 2.18. The summed E-state index contributed by atoms with van der Waals surface area (Å²) in [6.07, 6.45) is 4.42. The largest absolute Gasteiger partial charge is 0.345 e. The summed E-state index contributed by atoms with van der Waals surface area (Å²) in [6.45, 7) is 1.92. The number of sulfonamides is 1. The van der Waals surface area contributed by atoms with Gasteiger partial charge in [0.1, 0.15) is 0 Å². The normalized spacial score (nSPS) is 14.6. The molecule has 5 nitrogen and oxygen atoms in total. The first-order chi connectivity index (χ1) is 12.2. The van der Waals surface area contributed by atoms with Crippen LogP contribution in [0.2, 0.25) is 5.02 Å². The molecule has 2 aromatic carbocycles. The van der Waals surface area contributed by atoms with Crippen LogP contribution in [0.4, 0.5) is 5.69 Å². The Kier molecular flexibility index (Phi) is 5.25. The van der Waals surface area contributed by atoms with Crippen molar-refractivity contribution in [3.05, 3.63) is 63.7 Å². The van der Waals surface area contributed by atoms with Gasteiger partial charge in [0.25, 0.3) is 5.91 Å². The molecule has 26 heavy (non-hydrogen) atoms. The summed E-state index contributed by atoms with van der Waals surface area (Å²) in [4.78, 5) is 12.6. The lowest BCUT2D eigenvalue weighted by Crippen LogP contribution is -2.27. The van der Waals surface area contributed by atoms with Crippen LogP contribution in [0, 0.1) is 0 Å². The fraction of sp³-hybridized carbons (Fsp3) is 0.316. The minimum Gasteiger partial charge on any atom is -0.345 e. The Balaban J connectivity index is 1.78. The van der Waals surface area contributed by atoms with E-state index >= 15 is 0 Å². The number of nitrogens with one attached hydrogen (secondary N) is 2. The lowest BCUT2D eigenvalue weighted by molar-refractivity contribution is 0.0940. The number of amides is 1. The molecule has 0 aromatic heterocycles. The molecule has 0 unspecified atom stereocenters. The molecule has 0 spiro atoms. The van der Waals surface area contributed by atoms with Gasteiger partial charge < -0.3 is 5.32 Å². The van der Waals surface area contributed by atoms with Gasteiger partial charge in [-0.15, -0.1) is 0 Å². The number of hydrogen-bond donors (Lipinski definition) is 2. The maximum Gasteiger partial charge on any atom is 0.253 e. The molecule has 0 bridgehead atoms. The fourth-order valence-corrected chi connectivity index (χ4v) is 3.95. The molecule has 0 fully saturated rings. The van der Waals surface area contributed by atoms with Crippen LogP contribution in [0.15, 0.2) is 36.4 Å². The summed E-state index contributed by atoms with van der Waals surface area (Å²) in [6, 6.07) is 10.6. The Morgan fingerprint density at radius 3 is 2.58 bits per heavy atom. The highest BCUT2D eigenvalue weighted by molar-refractivity contribution is 7.92. The van der Waals surface area contributed by atoms with E-state index in [0.29, 0.717) is 5.69 Å². The van der Waals surface area contributed by atoms with Crippen LogP contribution in [0.5, 0.6) is 0 Å². The van der Waals surface area contributed by atoms with E-state index < -0.39 is 10.0 Å². The van der Waals surface area contributed by atoms with Crippen molar-refractivity contribution in [3.8, 4) is 0 Å². The zero-order valence-electron chi connectivity index (χ0n) is 14.7. The van der Waals surface area contributed by atoms with Crippen molar-refractivity contribution in [1.29, 1.82) is 0 Å². The maximum absolute atomic E-state index is 12.6. The zero-order chi connectivity index (χ0) is 18.9. The van der Waals surface area contributed by atoms with Crippen molar-refractivity contribution in [1.82, 2.24) is 5.32 Å². The van der Waals surface area contributed by atoms with E-state index in [1.807, 2.05) is 13.0 Å². The minimum absolute atomic E-state index is 0.184. The average molecular weight is 393 g/mol. The van der Waals surface area contributed by atoms with Gasteiger partial charge in [-0.25, -0.2) is 8.42 Å². The predicted octanol–water partition coefficient (Wildman–Crippen LogP) is 3.69. The van der Waals surface area contributed by atoms with Gasteiger partial charge in [0.15, 0.2) is 0 Å². The second-order valence-electron chi connectivity index (χ2n) is 6.65. The topological polar surface area (TPSA) is 75.3 Å². The summed E-state index contributed by atoms with van der Waals surface area (Å²) in [5, 5.41) is 3.20. The van der Waals surface area contributed by atoms with Crippen LogP contribution in [0.25, 0.3) is 0 Å². The number of carbonyl (C=O) groups is 1. The zero-order valence-corrected chi connectivity index (χ0v) is 16.2. The van der Waals surface area contributed by atoms with Gasteiger partial charge >= 0.3 is 0 Å². The summed E-state index contributed by atoms with van der Waals surface area (Å²) < 4.78 is 25.1. The number of carbonyl (C=O) groups excluding carboxylic acids is 1. The van der Waals surface area contributed by atoms with Crippen LogP contribution < -0.4 is 10.0 Å². The molecule has 1 aliphatic carbocycles. The SMILES string of the molecule is C[C@@H](NC(=O)c1cc(NS(C)(=O)=O)ccc1Cl)c1ccc2c(c1)CCC2. The molecular formula is C19H21ClN2O3S. The third-order valence-electron chi connectivity index (χ3n) is 4.48. The van der Waals surface area contributed by atoms with E-state index in [-0.39, 0.29) is 22.5 Å². The van der Waals surface area contributed by atoms with Crippen LogP contribution in [0.1, 0.15) is 46.4 Å². The second kappa shape index (κ2) is 7.29. The Morgan fingerprint density at radius 1 is 1.12 bits per heavy atom. The molecule has 7 heteroatoms. The number of aryl methyl sites for hydroxylation is 2. The summed E-state index contributed by atoms with van der Waals surface area (Å²) in [5.74, 6) is -0.347. The molecule has 0 aliphatic heterocycles. The van der Waals surface area contributed by atoms with E-state index in [0.717, 1.165) is 24.7 Å². The molecule has 0 saturated carbocycles. The number of halogens is 1. The predicted molar refractivity (Wildman–Crippen MR) is 104 cm³/mol. The number of benzene rings is 2. The molecule has 1 aliphatic rings. The van der Waals surface area contributed by atoms with Gasteiger partial charge in [-0.1, -0.05) is 29.8 Å². The molecule has 2 aromatic rings. The molecular weight excluding hydrogens is 372 g/mol. The first-order valence-corrected chi connectivity index (χ1v) is 10.7. The fourth-order valence-electron chi connectivity index (χ4n) is 3.20. The van der Waals surface area contributed by atoms with Crippen molar-refractivity contribution in [2.24, 2.45) is 0 Å². The van der Waals surface area contributed by atoms with Crippen LogP contribution in [-0.4, -0.2) is 20.6 Å². The highest BCUT2D eigenvalue weighted by Crippen LogP contribution is 2.26. The van der Waals surface area contributed by atoms with Gasteiger partial charge in [-0.2, -0.15) is 0 Å². The molecule has 1 atom stereocenters. The van der Waals surface area contributed by atoms with E-state index in [1.165, 1.54) is 35.7 Å². The first kappa shape index (κ1) is 18.7. The Labute approximate surface area is 158 Å². The van der Waals surface area contributed by atoms with Crippen LogP contribution in [-0.2, 0) is 22.9 Å². The second-order valence-corrected chi connectivity index (χ2v) is 8.80. The molecule has 1 amide bonds. The molecule has 3 rings (SSSR count). The number of fused-ring (bicyclic) bond motifs is 1. The Hall–Kier alpha value is -2.05.